The van der Waals surface area contributed by atoms with Crippen molar-refractivity contribution in [2.24, 2.45) is 4.99 Å². The highest BCUT2D eigenvalue weighted by atomic mass is 127. The Morgan fingerprint density at radius 2 is 2.04 bits per heavy atom. The van der Waals surface area contributed by atoms with Gasteiger partial charge in [-0.25, -0.2) is 0 Å². The van der Waals surface area contributed by atoms with Crippen molar-refractivity contribution >= 4 is 29.9 Å². The number of likely N-dealkylation sites (N-methyl/N-ethyl adjacent to an activating group) is 2. The summed E-state index contributed by atoms with van der Waals surface area (Å²) in [6, 6.07) is 6.86. The number of ether oxygens (including phenoxy) is 1. The summed E-state index contributed by atoms with van der Waals surface area (Å²) in [6.07, 6.45) is 1.01. The van der Waals surface area contributed by atoms with Crippen LogP contribution in [0.1, 0.15) is 24.5 Å². The van der Waals surface area contributed by atoms with E-state index < -0.39 is 0 Å². The summed E-state index contributed by atoms with van der Waals surface area (Å²) in [6.45, 7) is 9.85. The van der Waals surface area contributed by atoms with E-state index in [9.17, 15) is 0 Å². The standard InChI is InChI=1S/C20H35N5O.HI/c1-6-11-26-19-12-16(2)7-8-17(19)13-22-20(21-3)23-14-18-15-24(4)9-10-25(18)5;/h7-8,12,18H,6,9-11,13-15H2,1-5H3,(H2,21,22,23);1H. The molecule has 1 aromatic carbocycles. The van der Waals surface area contributed by atoms with Crippen molar-refractivity contribution in [2.75, 3.05) is 53.9 Å². The number of nitrogens with one attached hydrogen (secondary N) is 2. The van der Waals surface area contributed by atoms with Crippen LogP contribution in [-0.2, 0) is 6.54 Å². The minimum atomic E-state index is 0. The molecule has 1 aliphatic rings. The monoisotopic (exact) mass is 489 g/mol. The summed E-state index contributed by atoms with van der Waals surface area (Å²) in [4.78, 5) is 9.16. The molecule has 0 bridgehead atoms. The zero-order valence-corrected chi connectivity index (χ0v) is 19.7. The van der Waals surface area contributed by atoms with Crippen molar-refractivity contribution in [3.63, 3.8) is 0 Å². The topological polar surface area (TPSA) is 52.1 Å². The molecule has 0 aromatic heterocycles. The number of nitrogens with zero attached hydrogens (tertiary/aromatic N) is 3. The van der Waals surface area contributed by atoms with Gasteiger partial charge in [0.2, 0.25) is 0 Å². The van der Waals surface area contributed by atoms with Crippen LogP contribution >= 0.6 is 24.0 Å². The third-order valence-electron chi connectivity index (χ3n) is 4.84. The molecule has 27 heavy (non-hydrogen) atoms. The maximum atomic E-state index is 5.90. The Labute approximate surface area is 181 Å². The first kappa shape index (κ1) is 24.0. The third kappa shape index (κ3) is 7.83. The van der Waals surface area contributed by atoms with Gasteiger partial charge >= 0.3 is 0 Å². The minimum absolute atomic E-state index is 0. The van der Waals surface area contributed by atoms with E-state index in [0.29, 0.717) is 12.6 Å². The first-order valence-corrected chi connectivity index (χ1v) is 9.59. The van der Waals surface area contributed by atoms with Gasteiger partial charge in [-0.2, -0.15) is 0 Å². The third-order valence-corrected chi connectivity index (χ3v) is 4.84. The summed E-state index contributed by atoms with van der Waals surface area (Å²) < 4.78 is 5.90. The second kappa shape index (κ2) is 12.4. The second-order valence-electron chi connectivity index (χ2n) is 7.16. The number of hydrogen-bond acceptors (Lipinski definition) is 4. The molecule has 2 rings (SSSR count). The lowest BCUT2D eigenvalue weighted by molar-refractivity contribution is 0.116. The Balaban J connectivity index is 0.00000364. The average Bonchev–Trinajstić information content (AvgIpc) is 2.63. The van der Waals surface area contributed by atoms with E-state index in [1.807, 2.05) is 7.05 Å². The van der Waals surface area contributed by atoms with Crippen LogP contribution in [0, 0.1) is 6.92 Å². The molecule has 6 nitrogen and oxygen atoms in total. The Bertz CT molecular complexity index is 596. The zero-order chi connectivity index (χ0) is 18.9. The van der Waals surface area contributed by atoms with Crippen molar-refractivity contribution in [3.8, 4) is 5.75 Å². The van der Waals surface area contributed by atoms with E-state index in [1.165, 1.54) is 5.56 Å². The van der Waals surface area contributed by atoms with E-state index in [0.717, 1.165) is 56.5 Å². The molecule has 0 saturated carbocycles. The molecular weight excluding hydrogens is 453 g/mol. The van der Waals surface area contributed by atoms with Gasteiger partial charge in [0, 0.05) is 51.4 Å². The number of aliphatic imine (C=N–C) groups is 1. The Morgan fingerprint density at radius 1 is 1.26 bits per heavy atom. The van der Waals surface area contributed by atoms with Gasteiger partial charge in [0.15, 0.2) is 5.96 Å². The fourth-order valence-corrected chi connectivity index (χ4v) is 3.09. The SMILES string of the molecule is CCCOc1cc(C)ccc1CNC(=NC)NCC1CN(C)CCN1C.I. The molecule has 0 amide bonds. The molecule has 1 saturated heterocycles. The first-order chi connectivity index (χ1) is 12.5. The summed E-state index contributed by atoms with van der Waals surface area (Å²) in [5.74, 6) is 1.79. The molecular formula is C20H36IN5O. The van der Waals surface area contributed by atoms with E-state index >= 15 is 0 Å². The zero-order valence-electron chi connectivity index (χ0n) is 17.4. The predicted octanol–water partition coefficient (Wildman–Crippen LogP) is 2.31. The molecule has 1 unspecified atom stereocenters. The van der Waals surface area contributed by atoms with Crippen molar-refractivity contribution in [1.82, 2.24) is 20.4 Å². The number of hydrogen-bond donors (Lipinski definition) is 2. The van der Waals surface area contributed by atoms with Crippen LogP contribution in [0.2, 0.25) is 0 Å². The molecule has 1 heterocycles. The summed E-state index contributed by atoms with van der Waals surface area (Å²) >= 11 is 0. The van der Waals surface area contributed by atoms with Crippen LogP contribution in [0.4, 0.5) is 0 Å². The van der Waals surface area contributed by atoms with Crippen molar-refractivity contribution < 1.29 is 4.74 Å². The molecule has 1 atom stereocenters. The fraction of sp³-hybridized carbons (Fsp3) is 0.650. The van der Waals surface area contributed by atoms with Gasteiger partial charge in [-0.3, -0.25) is 9.89 Å². The van der Waals surface area contributed by atoms with Crippen LogP contribution in [0.3, 0.4) is 0 Å². The highest BCUT2D eigenvalue weighted by Gasteiger charge is 2.22. The number of aryl methyl sites for hydroxylation is 1. The number of halogens is 1. The lowest BCUT2D eigenvalue weighted by Crippen LogP contribution is -2.55. The Kier molecular flexibility index (Phi) is 11.0. The fourth-order valence-electron chi connectivity index (χ4n) is 3.09. The van der Waals surface area contributed by atoms with Crippen LogP contribution < -0.4 is 15.4 Å². The number of rotatable bonds is 7. The van der Waals surface area contributed by atoms with Crippen LogP contribution in [0.5, 0.6) is 5.75 Å². The highest BCUT2D eigenvalue weighted by Crippen LogP contribution is 2.20. The van der Waals surface area contributed by atoms with Gasteiger partial charge in [0.1, 0.15) is 5.75 Å². The maximum absolute atomic E-state index is 5.90. The number of benzene rings is 1. The molecule has 0 spiro atoms. The number of piperazine rings is 1. The highest BCUT2D eigenvalue weighted by molar-refractivity contribution is 14.0. The normalized spacial score (nSPS) is 18.7. The molecule has 1 fully saturated rings. The summed E-state index contributed by atoms with van der Waals surface area (Å²) in [5, 5.41) is 6.88. The predicted molar refractivity (Wildman–Crippen MR) is 124 cm³/mol. The molecule has 0 aliphatic carbocycles. The lowest BCUT2D eigenvalue weighted by Gasteiger charge is -2.37. The van der Waals surface area contributed by atoms with E-state index in [2.05, 4.69) is 71.6 Å². The lowest BCUT2D eigenvalue weighted by atomic mass is 10.1. The molecule has 154 valence electrons. The van der Waals surface area contributed by atoms with E-state index in [-0.39, 0.29) is 24.0 Å². The molecule has 1 aliphatic heterocycles. The molecule has 1 aromatic rings. The smallest absolute Gasteiger partial charge is 0.191 e. The van der Waals surface area contributed by atoms with Gasteiger partial charge in [-0.05, 0) is 39.1 Å². The van der Waals surface area contributed by atoms with E-state index in [1.54, 1.807) is 0 Å². The van der Waals surface area contributed by atoms with Gasteiger partial charge in [0.05, 0.1) is 6.61 Å². The van der Waals surface area contributed by atoms with Crippen LogP contribution in [0.25, 0.3) is 0 Å². The Morgan fingerprint density at radius 3 is 2.74 bits per heavy atom. The summed E-state index contributed by atoms with van der Waals surface area (Å²) in [5.41, 5.74) is 2.37. The van der Waals surface area contributed by atoms with Crippen molar-refractivity contribution in [1.29, 1.82) is 0 Å². The molecule has 2 N–H and O–H groups in total. The van der Waals surface area contributed by atoms with Crippen molar-refractivity contribution in [2.45, 2.75) is 32.9 Å². The summed E-state index contributed by atoms with van der Waals surface area (Å²) in [7, 11) is 6.19. The quantitative estimate of drug-likeness (QED) is 0.350. The van der Waals surface area contributed by atoms with Crippen LogP contribution in [-0.4, -0.2) is 75.7 Å². The van der Waals surface area contributed by atoms with Gasteiger partial charge in [-0.15, -0.1) is 24.0 Å². The van der Waals surface area contributed by atoms with Gasteiger partial charge < -0.3 is 20.3 Å². The average molecular weight is 489 g/mol. The van der Waals surface area contributed by atoms with Crippen LogP contribution in [0.15, 0.2) is 23.2 Å². The molecule has 7 heteroatoms. The van der Waals surface area contributed by atoms with E-state index in [4.69, 9.17) is 4.74 Å². The Hall–Kier alpha value is -1.06. The largest absolute Gasteiger partial charge is 0.493 e. The van der Waals surface area contributed by atoms with Gasteiger partial charge in [-0.1, -0.05) is 19.1 Å². The van der Waals surface area contributed by atoms with Crippen molar-refractivity contribution in [3.05, 3.63) is 29.3 Å². The second-order valence-corrected chi connectivity index (χ2v) is 7.16. The number of guanidine groups is 1. The first-order valence-electron chi connectivity index (χ1n) is 9.59. The maximum Gasteiger partial charge on any atom is 0.191 e. The molecule has 0 radical (unpaired) electrons. The minimum Gasteiger partial charge on any atom is -0.493 e. The van der Waals surface area contributed by atoms with Gasteiger partial charge in [0.25, 0.3) is 0 Å².